The highest BCUT2D eigenvalue weighted by molar-refractivity contribution is 6.31. The van der Waals surface area contributed by atoms with Crippen LogP contribution < -0.4 is 4.74 Å². The summed E-state index contributed by atoms with van der Waals surface area (Å²) in [6.45, 7) is 0.606. The summed E-state index contributed by atoms with van der Waals surface area (Å²) in [6, 6.07) is 12.2. The Kier molecular flexibility index (Phi) is 7.04. The maximum atomic E-state index is 11.0. The topological polar surface area (TPSA) is 129 Å². The van der Waals surface area contributed by atoms with E-state index in [4.69, 9.17) is 30.9 Å². The lowest BCUT2D eigenvalue weighted by atomic mass is 9.94. The molecule has 174 valence electrons. The van der Waals surface area contributed by atoms with Crippen molar-refractivity contribution in [3.63, 3.8) is 0 Å². The van der Waals surface area contributed by atoms with E-state index in [1.807, 2.05) is 24.3 Å². The number of aliphatic hydroxyl groups is 5. The summed E-state index contributed by atoms with van der Waals surface area (Å²) in [5.74, 6) is -1.51. The van der Waals surface area contributed by atoms with Crippen LogP contribution in [0.2, 0.25) is 5.02 Å². The molecule has 0 aromatic heterocycles. The van der Waals surface area contributed by atoms with Gasteiger partial charge in [0, 0.05) is 17.0 Å². The predicted molar refractivity (Wildman–Crippen MR) is 114 cm³/mol. The highest BCUT2D eigenvalue weighted by atomic mass is 35.5. The van der Waals surface area contributed by atoms with E-state index in [1.54, 1.807) is 12.1 Å². The quantitative estimate of drug-likeness (QED) is 0.403. The lowest BCUT2D eigenvalue weighted by Crippen LogP contribution is -2.42. The Balaban J connectivity index is 1.51. The van der Waals surface area contributed by atoms with Crippen LogP contribution in [0, 0.1) is 0 Å². The molecule has 2 saturated heterocycles. The van der Waals surface area contributed by atoms with E-state index < -0.39 is 36.8 Å². The minimum atomic E-state index is -2.26. The van der Waals surface area contributed by atoms with Crippen molar-refractivity contribution in [1.82, 2.24) is 0 Å². The Morgan fingerprint density at radius 3 is 2.56 bits per heavy atom. The van der Waals surface area contributed by atoms with Gasteiger partial charge in [0.15, 0.2) is 0 Å². The van der Waals surface area contributed by atoms with Crippen molar-refractivity contribution in [1.29, 1.82) is 0 Å². The van der Waals surface area contributed by atoms with E-state index in [0.717, 1.165) is 17.7 Å². The second-order valence-electron chi connectivity index (χ2n) is 8.19. The normalized spacial score (nSPS) is 31.1. The van der Waals surface area contributed by atoms with Crippen LogP contribution in [0.3, 0.4) is 0 Å². The first-order chi connectivity index (χ1) is 15.3. The molecule has 1 unspecified atom stereocenters. The van der Waals surface area contributed by atoms with Crippen LogP contribution in [0.25, 0.3) is 0 Å². The number of hydrogen-bond donors (Lipinski definition) is 5. The summed E-state index contributed by atoms with van der Waals surface area (Å²) in [6.07, 6.45) is -4.75. The zero-order chi connectivity index (χ0) is 22.9. The molecule has 0 aliphatic carbocycles. The van der Waals surface area contributed by atoms with Crippen molar-refractivity contribution in [2.24, 2.45) is 0 Å². The fourth-order valence-electron chi connectivity index (χ4n) is 4.04. The minimum absolute atomic E-state index is 0.0640. The Bertz CT molecular complexity index is 917. The Morgan fingerprint density at radius 2 is 1.91 bits per heavy atom. The summed E-state index contributed by atoms with van der Waals surface area (Å²) in [4.78, 5) is 0. The van der Waals surface area contributed by atoms with Gasteiger partial charge in [-0.2, -0.15) is 0 Å². The molecule has 2 fully saturated rings. The maximum Gasteiger partial charge on any atom is 0.222 e. The van der Waals surface area contributed by atoms with Crippen LogP contribution in [0.15, 0.2) is 42.5 Å². The van der Waals surface area contributed by atoms with E-state index in [2.05, 4.69) is 0 Å². The van der Waals surface area contributed by atoms with Crippen molar-refractivity contribution in [2.45, 2.75) is 49.1 Å². The number of benzene rings is 2. The van der Waals surface area contributed by atoms with Crippen LogP contribution >= 0.6 is 11.6 Å². The average Bonchev–Trinajstić information content (AvgIpc) is 3.39. The van der Waals surface area contributed by atoms with Crippen molar-refractivity contribution >= 4 is 11.6 Å². The van der Waals surface area contributed by atoms with Crippen molar-refractivity contribution in [3.8, 4) is 5.75 Å². The molecule has 0 amide bonds. The van der Waals surface area contributed by atoms with Crippen LogP contribution in [0.4, 0.5) is 0 Å². The van der Waals surface area contributed by atoms with Gasteiger partial charge in [-0.15, -0.1) is 0 Å². The predicted octanol–water partition coefficient (Wildman–Crippen LogP) is 0.717. The molecule has 2 aliphatic heterocycles. The van der Waals surface area contributed by atoms with Crippen molar-refractivity contribution < 1.29 is 39.7 Å². The van der Waals surface area contributed by atoms with Crippen molar-refractivity contribution in [2.75, 3.05) is 19.8 Å². The number of aliphatic hydroxyl groups excluding tert-OH is 4. The van der Waals surface area contributed by atoms with Gasteiger partial charge in [-0.1, -0.05) is 29.8 Å². The third-order valence-corrected chi connectivity index (χ3v) is 6.28. The molecular weight excluding hydrogens is 440 g/mol. The molecule has 0 bridgehead atoms. The van der Waals surface area contributed by atoms with Gasteiger partial charge in [0.25, 0.3) is 0 Å². The largest absolute Gasteiger partial charge is 0.488 e. The zero-order valence-corrected chi connectivity index (χ0v) is 18.1. The van der Waals surface area contributed by atoms with Gasteiger partial charge in [-0.3, -0.25) is 0 Å². The molecule has 0 saturated carbocycles. The fraction of sp³-hybridized carbons (Fsp3) is 0.478. The summed E-state index contributed by atoms with van der Waals surface area (Å²) >= 11 is 6.36. The Labute approximate surface area is 190 Å². The second kappa shape index (κ2) is 9.62. The van der Waals surface area contributed by atoms with Gasteiger partial charge in [-0.05, 0) is 41.8 Å². The number of ether oxygens (including phenoxy) is 3. The smallest absolute Gasteiger partial charge is 0.222 e. The van der Waals surface area contributed by atoms with Crippen LogP contribution in [0.5, 0.6) is 5.75 Å². The van der Waals surface area contributed by atoms with Gasteiger partial charge in [0.05, 0.1) is 19.8 Å². The van der Waals surface area contributed by atoms with Gasteiger partial charge >= 0.3 is 0 Å². The first-order valence-electron chi connectivity index (χ1n) is 10.5. The van der Waals surface area contributed by atoms with Crippen LogP contribution in [-0.4, -0.2) is 75.9 Å². The van der Waals surface area contributed by atoms with Gasteiger partial charge in [-0.25, -0.2) is 0 Å². The summed E-state index contributed by atoms with van der Waals surface area (Å²) in [5.41, 5.74) is 1.80. The van der Waals surface area contributed by atoms with Gasteiger partial charge in [0.1, 0.15) is 36.3 Å². The number of hydrogen-bond acceptors (Lipinski definition) is 8. The fourth-order valence-corrected chi connectivity index (χ4v) is 4.23. The highest BCUT2D eigenvalue weighted by Gasteiger charge is 2.56. The SMILES string of the molecule is OC[C@@H](O)[C@H]1OC(O)(c2ccc(Cl)c(Cc3ccc(O[C@H]4CCOC4)cc3)c2)[C@H](O)[C@H]1O. The molecule has 32 heavy (non-hydrogen) atoms. The highest BCUT2D eigenvalue weighted by Crippen LogP contribution is 2.40. The number of rotatable bonds is 7. The van der Waals surface area contributed by atoms with E-state index >= 15 is 0 Å². The maximum absolute atomic E-state index is 11.0. The van der Waals surface area contributed by atoms with Gasteiger partial charge in [0.2, 0.25) is 5.79 Å². The molecular formula is C23H27ClO8. The molecule has 2 aliphatic rings. The summed E-state index contributed by atoms with van der Waals surface area (Å²) in [5, 5.41) is 51.0. The third kappa shape index (κ3) is 4.64. The standard InChI is InChI=1S/C23H27ClO8/c24-18-6-3-15(23(29)22(28)20(27)21(32-23)19(26)11-25)10-14(18)9-13-1-4-16(5-2-13)31-17-7-8-30-12-17/h1-6,10,17,19-22,25-29H,7-9,11-12H2/t17-,19+,20-,21+,22+,23?/m0/s1. The Hall–Kier alpha value is -1.75. The molecule has 2 heterocycles. The van der Waals surface area contributed by atoms with E-state index in [-0.39, 0.29) is 11.7 Å². The van der Waals surface area contributed by atoms with Crippen molar-refractivity contribution in [3.05, 3.63) is 64.2 Å². The second-order valence-corrected chi connectivity index (χ2v) is 8.60. The molecule has 0 radical (unpaired) electrons. The first kappa shape index (κ1) is 23.4. The minimum Gasteiger partial charge on any atom is -0.488 e. The van der Waals surface area contributed by atoms with E-state index in [9.17, 15) is 20.4 Å². The summed E-state index contributed by atoms with van der Waals surface area (Å²) < 4.78 is 16.6. The molecule has 4 rings (SSSR count). The lowest BCUT2D eigenvalue weighted by molar-refractivity contribution is -0.247. The zero-order valence-electron chi connectivity index (χ0n) is 17.3. The molecule has 6 atom stereocenters. The average molecular weight is 467 g/mol. The number of halogens is 1. The molecule has 2 aromatic carbocycles. The van der Waals surface area contributed by atoms with Crippen LogP contribution in [-0.2, 0) is 21.7 Å². The molecule has 2 aromatic rings. The van der Waals surface area contributed by atoms with Crippen LogP contribution in [0.1, 0.15) is 23.1 Å². The lowest BCUT2D eigenvalue weighted by Gasteiger charge is -2.27. The monoisotopic (exact) mass is 466 g/mol. The molecule has 9 heteroatoms. The molecule has 5 N–H and O–H groups in total. The van der Waals surface area contributed by atoms with Gasteiger partial charge < -0.3 is 39.7 Å². The molecule has 8 nitrogen and oxygen atoms in total. The van der Waals surface area contributed by atoms with E-state index in [1.165, 1.54) is 6.07 Å². The molecule has 0 spiro atoms. The first-order valence-corrected chi connectivity index (χ1v) is 10.9. The third-order valence-electron chi connectivity index (χ3n) is 5.91. The Morgan fingerprint density at radius 1 is 1.16 bits per heavy atom. The van der Waals surface area contributed by atoms with E-state index in [0.29, 0.717) is 30.2 Å². The summed E-state index contributed by atoms with van der Waals surface area (Å²) in [7, 11) is 0.